The van der Waals surface area contributed by atoms with E-state index in [0.717, 1.165) is 10.7 Å². The van der Waals surface area contributed by atoms with Crippen LogP contribution >= 0.6 is 11.3 Å². The summed E-state index contributed by atoms with van der Waals surface area (Å²) < 4.78 is 1.55. The van der Waals surface area contributed by atoms with Gasteiger partial charge in [0.1, 0.15) is 11.6 Å². The summed E-state index contributed by atoms with van der Waals surface area (Å²) >= 11 is 1.53. The Morgan fingerprint density at radius 1 is 1.56 bits per heavy atom. The molecule has 6 nitrogen and oxygen atoms in total. The molecule has 2 aromatic heterocycles. The van der Waals surface area contributed by atoms with Gasteiger partial charge in [0.05, 0.1) is 16.9 Å². The number of nitro groups is 1. The molecule has 2 aromatic rings. The molecular weight excluding hydrogens is 228 g/mol. The molecule has 0 amide bonds. The Hall–Kier alpha value is -1.76. The molecule has 0 aliphatic heterocycles. The molecular formula is C9H10N4O2S. The standard InChI is InChI=1S/C9H10N4O2S/c1-6-3-12(11-9(6)13(14)15)4-8-10-7(2)5-16-8/h3,5H,4H2,1-2H3. The van der Waals surface area contributed by atoms with Crippen LogP contribution in [0, 0.1) is 24.0 Å². The molecule has 0 N–H and O–H groups in total. The Bertz CT molecular complexity index is 531. The molecule has 7 heteroatoms. The van der Waals surface area contributed by atoms with Crippen molar-refractivity contribution in [1.29, 1.82) is 0 Å². The van der Waals surface area contributed by atoms with E-state index in [9.17, 15) is 10.1 Å². The second kappa shape index (κ2) is 4.01. The average Bonchev–Trinajstić information content (AvgIpc) is 2.73. The lowest BCUT2D eigenvalue weighted by Crippen LogP contribution is -2.00. The summed E-state index contributed by atoms with van der Waals surface area (Å²) in [6.07, 6.45) is 1.66. The molecule has 16 heavy (non-hydrogen) atoms. The van der Waals surface area contributed by atoms with Crippen molar-refractivity contribution in [3.63, 3.8) is 0 Å². The minimum absolute atomic E-state index is 0.0896. The fourth-order valence-corrected chi connectivity index (χ4v) is 2.15. The van der Waals surface area contributed by atoms with E-state index in [1.54, 1.807) is 17.8 Å². The van der Waals surface area contributed by atoms with Crippen LogP contribution in [0.2, 0.25) is 0 Å². The van der Waals surface area contributed by atoms with Gasteiger partial charge >= 0.3 is 5.82 Å². The first-order valence-corrected chi connectivity index (χ1v) is 5.53. The molecule has 0 atom stereocenters. The predicted molar refractivity (Wildman–Crippen MR) is 59.6 cm³/mol. The maximum Gasteiger partial charge on any atom is 0.392 e. The highest BCUT2D eigenvalue weighted by atomic mass is 32.1. The van der Waals surface area contributed by atoms with Gasteiger partial charge < -0.3 is 10.1 Å². The monoisotopic (exact) mass is 238 g/mol. The van der Waals surface area contributed by atoms with Gasteiger partial charge in [-0.2, -0.15) is 4.68 Å². The van der Waals surface area contributed by atoms with Crippen LogP contribution in [-0.4, -0.2) is 19.7 Å². The van der Waals surface area contributed by atoms with E-state index in [2.05, 4.69) is 10.1 Å². The van der Waals surface area contributed by atoms with E-state index in [0.29, 0.717) is 12.1 Å². The van der Waals surface area contributed by atoms with E-state index in [1.807, 2.05) is 12.3 Å². The van der Waals surface area contributed by atoms with Gasteiger partial charge in [-0.05, 0) is 18.8 Å². The summed E-state index contributed by atoms with van der Waals surface area (Å²) in [5.41, 5.74) is 1.52. The summed E-state index contributed by atoms with van der Waals surface area (Å²) in [7, 11) is 0. The van der Waals surface area contributed by atoms with Gasteiger partial charge in [0, 0.05) is 11.1 Å². The number of aryl methyl sites for hydroxylation is 2. The zero-order chi connectivity index (χ0) is 11.7. The molecule has 2 heterocycles. The van der Waals surface area contributed by atoms with Crippen molar-refractivity contribution in [2.45, 2.75) is 20.4 Å². The van der Waals surface area contributed by atoms with Crippen LogP contribution in [-0.2, 0) is 6.54 Å². The van der Waals surface area contributed by atoms with Crippen LogP contribution in [0.25, 0.3) is 0 Å². The number of hydrogen-bond donors (Lipinski definition) is 0. The number of rotatable bonds is 3. The molecule has 0 saturated heterocycles. The Kier molecular flexibility index (Phi) is 2.69. The van der Waals surface area contributed by atoms with Crippen molar-refractivity contribution in [3.05, 3.63) is 38.0 Å². The first-order chi connectivity index (χ1) is 7.56. The average molecular weight is 238 g/mol. The van der Waals surface area contributed by atoms with Gasteiger partial charge in [0.25, 0.3) is 0 Å². The quantitative estimate of drug-likeness (QED) is 0.604. The first kappa shape index (κ1) is 10.7. The normalized spacial score (nSPS) is 10.6. The van der Waals surface area contributed by atoms with Gasteiger partial charge in [0.15, 0.2) is 0 Å². The lowest BCUT2D eigenvalue weighted by atomic mass is 10.4. The van der Waals surface area contributed by atoms with Gasteiger partial charge in [-0.1, -0.05) is 0 Å². The molecule has 0 spiro atoms. The number of nitrogens with zero attached hydrogens (tertiary/aromatic N) is 4. The third-order valence-corrected chi connectivity index (χ3v) is 3.01. The van der Waals surface area contributed by atoms with Gasteiger partial charge in [-0.15, -0.1) is 11.3 Å². The van der Waals surface area contributed by atoms with Crippen LogP contribution < -0.4 is 0 Å². The van der Waals surface area contributed by atoms with E-state index in [-0.39, 0.29) is 5.82 Å². The largest absolute Gasteiger partial charge is 0.392 e. The molecule has 0 saturated carbocycles. The molecule has 84 valence electrons. The topological polar surface area (TPSA) is 73.8 Å². The number of thiazole rings is 1. The first-order valence-electron chi connectivity index (χ1n) is 4.65. The molecule has 0 bridgehead atoms. The van der Waals surface area contributed by atoms with E-state index >= 15 is 0 Å². The second-order valence-corrected chi connectivity index (χ2v) is 4.42. The van der Waals surface area contributed by atoms with Crippen LogP contribution in [0.5, 0.6) is 0 Å². The maximum atomic E-state index is 10.6. The van der Waals surface area contributed by atoms with Crippen LogP contribution in [0.4, 0.5) is 5.82 Å². The van der Waals surface area contributed by atoms with E-state index in [1.165, 1.54) is 11.3 Å². The lowest BCUT2D eigenvalue weighted by Gasteiger charge is -1.90. The smallest absolute Gasteiger partial charge is 0.358 e. The Morgan fingerprint density at radius 2 is 2.31 bits per heavy atom. The summed E-state index contributed by atoms with van der Waals surface area (Å²) in [5, 5.41) is 17.3. The van der Waals surface area contributed by atoms with Gasteiger partial charge in [0.2, 0.25) is 0 Å². The van der Waals surface area contributed by atoms with Crippen LogP contribution in [0.1, 0.15) is 16.3 Å². The van der Waals surface area contributed by atoms with Crippen molar-refractivity contribution < 1.29 is 4.92 Å². The molecule has 0 radical (unpaired) electrons. The lowest BCUT2D eigenvalue weighted by molar-refractivity contribution is -0.390. The van der Waals surface area contributed by atoms with Crippen molar-refractivity contribution >= 4 is 17.2 Å². The highest BCUT2D eigenvalue weighted by Crippen LogP contribution is 2.16. The third kappa shape index (κ3) is 2.08. The fraction of sp³-hybridized carbons (Fsp3) is 0.333. The Labute approximate surface area is 95.7 Å². The fourth-order valence-electron chi connectivity index (χ4n) is 1.39. The Balaban J connectivity index is 2.22. The van der Waals surface area contributed by atoms with Crippen molar-refractivity contribution in [2.24, 2.45) is 0 Å². The van der Waals surface area contributed by atoms with Gasteiger partial charge in [-0.3, -0.25) is 0 Å². The zero-order valence-corrected chi connectivity index (χ0v) is 9.69. The number of aromatic nitrogens is 3. The highest BCUT2D eigenvalue weighted by Gasteiger charge is 2.17. The molecule has 0 aliphatic carbocycles. The second-order valence-electron chi connectivity index (χ2n) is 3.47. The summed E-state index contributed by atoms with van der Waals surface area (Å²) in [6, 6.07) is 0. The minimum Gasteiger partial charge on any atom is -0.358 e. The maximum absolute atomic E-state index is 10.6. The summed E-state index contributed by atoms with van der Waals surface area (Å²) in [5.74, 6) is -0.0896. The third-order valence-electron chi connectivity index (χ3n) is 2.06. The summed E-state index contributed by atoms with van der Waals surface area (Å²) in [6.45, 7) is 4.07. The van der Waals surface area contributed by atoms with E-state index < -0.39 is 4.92 Å². The number of hydrogen-bond acceptors (Lipinski definition) is 5. The molecule has 0 unspecified atom stereocenters. The highest BCUT2D eigenvalue weighted by molar-refractivity contribution is 7.09. The van der Waals surface area contributed by atoms with Crippen LogP contribution in [0.15, 0.2) is 11.6 Å². The predicted octanol–water partition coefficient (Wildman–Crippen LogP) is 1.91. The van der Waals surface area contributed by atoms with Crippen molar-refractivity contribution in [3.8, 4) is 0 Å². The minimum atomic E-state index is -0.473. The van der Waals surface area contributed by atoms with E-state index in [4.69, 9.17) is 0 Å². The zero-order valence-electron chi connectivity index (χ0n) is 8.88. The molecule has 0 fully saturated rings. The van der Waals surface area contributed by atoms with Crippen molar-refractivity contribution in [2.75, 3.05) is 0 Å². The summed E-state index contributed by atoms with van der Waals surface area (Å²) in [4.78, 5) is 14.4. The molecule has 2 rings (SSSR count). The SMILES string of the molecule is Cc1csc(Cn2cc(C)c([N+](=O)[O-])n2)n1. The Morgan fingerprint density at radius 3 is 2.81 bits per heavy atom. The van der Waals surface area contributed by atoms with Gasteiger partial charge in [-0.25, -0.2) is 4.98 Å². The molecule has 0 aromatic carbocycles. The van der Waals surface area contributed by atoms with Crippen LogP contribution in [0.3, 0.4) is 0 Å². The molecule has 0 aliphatic rings. The van der Waals surface area contributed by atoms with Crippen molar-refractivity contribution in [1.82, 2.24) is 14.8 Å².